The van der Waals surface area contributed by atoms with Crippen LogP contribution >= 0.6 is 11.3 Å². The molecule has 1 saturated heterocycles. The van der Waals surface area contributed by atoms with Gasteiger partial charge in [-0.3, -0.25) is 19.8 Å². The van der Waals surface area contributed by atoms with Crippen molar-refractivity contribution in [2.75, 3.05) is 36.4 Å². The summed E-state index contributed by atoms with van der Waals surface area (Å²) in [6, 6.07) is 21.0. The van der Waals surface area contributed by atoms with Crippen LogP contribution in [0.15, 0.2) is 78.3 Å². The SMILES string of the molecule is CC1(C(=O)Nc2nc(CN3CCN(c4ccccn4)CC3)cs2)CC2([N+](=O)[O-])c3ccccc3C1c1ccccc12. The molecule has 4 aromatic rings. The number of pyridine rings is 1. The minimum Gasteiger partial charge on any atom is -0.354 e. The summed E-state index contributed by atoms with van der Waals surface area (Å²) in [5.41, 5.74) is 1.51. The van der Waals surface area contributed by atoms with E-state index in [2.05, 4.69) is 20.1 Å². The average molecular weight is 567 g/mol. The van der Waals surface area contributed by atoms with Crippen molar-refractivity contribution >= 4 is 28.2 Å². The van der Waals surface area contributed by atoms with E-state index in [-0.39, 0.29) is 23.2 Å². The second-order valence-corrected chi connectivity index (χ2v) is 12.2. The van der Waals surface area contributed by atoms with Crippen molar-refractivity contribution in [2.45, 2.75) is 31.3 Å². The predicted molar refractivity (Wildman–Crippen MR) is 158 cm³/mol. The summed E-state index contributed by atoms with van der Waals surface area (Å²) in [4.78, 5) is 40.6. The number of nitro groups is 1. The molecule has 2 aromatic heterocycles. The maximum Gasteiger partial charge on any atom is 0.273 e. The molecule has 10 heteroatoms. The smallest absolute Gasteiger partial charge is 0.273 e. The van der Waals surface area contributed by atoms with E-state index in [4.69, 9.17) is 4.98 Å². The number of nitrogens with zero attached hydrogens (tertiary/aromatic N) is 5. The van der Waals surface area contributed by atoms with Crippen molar-refractivity contribution in [3.8, 4) is 0 Å². The van der Waals surface area contributed by atoms with Gasteiger partial charge in [0.05, 0.1) is 11.1 Å². The van der Waals surface area contributed by atoms with E-state index >= 15 is 0 Å². The van der Waals surface area contributed by atoms with Crippen molar-refractivity contribution in [2.24, 2.45) is 5.41 Å². The Morgan fingerprint density at radius 1 is 1.02 bits per heavy atom. The number of fused-ring (bicyclic) bond motifs is 1. The molecule has 0 radical (unpaired) electrons. The van der Waals surface area contributed by atoms with Crippen molar-refractivity contribution in [1.82, 2.24) is 14.9 Å². The quantitative estimate of drug-likeness (QED) is 0.262. The number of nitrogens with one attached hydrogen (secondary N) is 1. The van der Waals surface area contributed by atoms with Crippen molar-refractivity contribution < 1.29 is 9.72 Å². The number of piperazine rings is 1. The first-order valence-corrected chi connectivity index (χ1v) is 14.8. The molecule has 1 fully saturated rings. The number of carbonyl (C=O) groups is 1. The van der Waals surface area contributed by atoms with Crippen LogP contribution in [0.25, 0.3) is 0 Å². The Labute approximate surface area is 242 Å². The molecule has 1 atom stereocenters. The fourth-order valence-electron chi connectivity index (χ4n) is 7.13. The van der Waals surface area contributed by atoms with Gasteiger partial charge in [0.25, 0.3) is 5.54 Å². The molecule has 3 heterocycles. The number of hydrogen-bond acceptors (Lipinski definition) is 8. The summed E-state index contributed by atoms with van der Waals surface area (Å²) in [5.74, 6) is 0.481. The summed E-state index contributed by atoms with van der Waals surface area (Å²) in [6.45, 7) is 6.16. The lowest BCUT2D eigenvalue weighted by atomic mass is 9.49. The number of rotatable bonds is 6. The van der Waals surface area contributed by atoms with Gasteiger partial charge in [0.1, 0.15) is 5.82 Å². The largest absolute Gasteiger partial charge is 0.354 e. The van der Waals surface area contributed by atoms with Gasteiger partial charge in [0.15, 0.2) is 5.13 Å². The first-order chi connectivity index (χ1) is 19.9. The third kappa shape index (κ3) is 4.04. The van der Waals surface area contributed by atoms with E-state index in [0.29, 0.717) is 22.8 Å². The minimum atomic E-state index is -1.47. The second-order valence-electron chi connectivity index (χ2n) is 11.4. The highest BCUT2D eigenvalue weighted by molar-refractivity contribution is 7.13. The van der Waals surface area contributed by atoms with Gasteiger partial charge in [-0.2, -0.15) is 0 Å². The molecule has 0 spiro atoms. The Morgan fingerprint density at radius 3 is 2.32 bits per heavy atom. The predicted octanol–water partition coefficient (Wildman–Crippen LogP) is 4.87. The van der Waals surface area contributed by atoms with E-state index in [1.54, 1.807) is 0 Å². The molecule has 3 aliphatic carbocycles. The van der Waals surface area contributed by atoms with Crippen LogP contribution in [0.3, 0.4) is 0 Å². The van der Waals surface area contributed by atoms with Gasteiger partial charge < -0.3 is 10.2 Å². The zero-order valence-electron chi connectivity index (χ0n) is 22.7. The number of thiazole rings is 1. The van der Waals surface area contributed by atoms with Gasteiger partial charge in [-0.05, 0) is 30.2 Å². The number of hydrogen-bond donors (Lipinski definition) is 1. The molecule has 41 heavy (non-hydrogen) atoms. The van der Waals surface area contributed by atoms with Crippen LogP contribution in [0.1, 0.15) is 47.2 Å². The van der Waals surface area contributed by atoms with E-state index in [9.17, 15) is 14.9 Å². The molecular weight excluding hydrogens is 536 g/mol. The van der Waals surface area contributed by atoms with Gasteiger partial charge in [-0.25, -0.2) is 9.97 Å². The Balaban J connectivity index is 1.10. The average Bonchev–Trinajstić information content (AvgIpc) is 3.44. The first-order valence-electron chi connectivity index (χ1n) is 13.9. The molecular formula is C31H30N6O3S. The third-order valence-corrected chi connectivity index (χ3v) is 9.84. The van der Waals surface area contributed by atoms with E-state index < -0.39 is 11.0 Å². The normalized spacial score (nSPS) is 24.9. The molecule has 8 rings (SSSR count). The summed E-state index contributed by atoms with van der Waals surface area (Å²) in [5, 5.41) is 18.4. The Hall–Kier alpha value is -4.15. The molecule has 1 unspecified atom stereocenters. The maximum absolute atomic E-state index is 14.0. The molecule has 0 saturated carbocycles. The molecule has 2 aromatic carbocycles. The monoisotopic (exact) mass is 566 g/mol. The van der Waals surface area contributed by atoms with Crippen molar-refractivity contribution in [3.63, 3.8) is 0 Å². The lowest BCUT2D eigenvalue weighted by Gasteiger charge is -2.52. The number of amides is 1. The van der Waals surface area contributed by atoms with Crippen LogP contribution in [0.5, 0.6) is 0 Å². The Morgan fingerprint density at radius 2 is 1.68 bits per heavy atom. The number of benzene rings is 2. The van der Waals surface area contributed by atoms with Gasteiger partial charge in [-0.15, -0.1) is 11.3 Å². The minimum absolute atomic E-state index is 0.0936. The summed E-state index contributed by atoms with van der Waals surface area (Å²) in [7, 11) is 0. The van der Waals surface area contributed by atoms with E-state index in [1.807, 2.05) is 85.2 Å². The Kier molecular flexibility index (Phi) is 6.13. The van der Waals surface area contributed by atoms with Gasteiger partial charge in [0.2, 0.25) is 5.91 Å². The van der Waals surface area contributed by atoms with Gasteiger partial charge in [0, 0.05) is 72.7 Å². The molecule has 4 aliphatic rings. The second kappa shape index (κ2) is 9.74. The van der Waals surface area contributed by atoms with Gasteiger partial charge >= 0.3 is 0 Å². The molecule has 1 aliphatic heterocycles. The highest BCUT2D eigenvalue weighted by Gasteiger charge is 2.67. The molecule has 1 amide bonds. The van der Waals surface area contributed by atoms with E-state index in [0.717, 1.165) is 48.8 Å². The zero-order chi connectivity index (χ0) is 28.2. The lowest BCUT2D eigenvalue weighted by Crippen LogP contribution is -2.57. The van der Waals surface area contributed by atoms with Gasteiger partial charge in [-0.1, -0.05) is 54.6 Å². The summed E-state index contributed by atoms with van der Waals surface area (Å²) in [6.07, 6.45) is 1.91. The fraction of sp³-hybridized carbons (Fsp3) is 0.323. The molecule has 208 valence electrons. The summed E-state index contributed by atoms with van der Waals surface area (Å²) >= 11 is 1.40. The third-order valence-electron chi connectivity index (χ3n) is 9.03. The highest BCUT2D eigenvalue weighted by Crippen LogP contribution is 2.64. The maximum atomic E-state index is 14.0. The molecule has 9 nitrogen and oxygen atoms in total. The number of anilines is 2. The van der Waals surface area contributed by atoms with Crippen LogP contribution < -0.4 is 10.2 Å². The van der Waals surface area contributed by atoms with Crippen molar-refractivity contribution in [1.29, 1.82) is 0 Å². The zero-order valence-corrected chi connectivity index (χ0v) is 23.5. The topological polar surface area (TPSA) is 104 Å². The lowest BCUT2D eigenvalue weighted by molar-refractivity contribution is -0.573. The van der Waals surface area contributed by atoms with Crippen LogP contribution in [0.2, 0.25) is 0 Å². The van der Waals surface area contributed by atoms with E-state index in [1.165, 1.54) is 11.3 Å². The molecule has 1 N–H and O–H groups in total. The van der Waals surface area contributed by atoms with Crippen LogP contribution in [0, 0.1) is 15.5 Å². The standard InChI is InChI=1S/C31H30N6O3S/c1-30(20-31(37(39)40)24-10-4-2-8-22(24)27(30)23-9-3-5-11-25(23)31)28(38)34-29-33-21(19-41-29)18-35-14-16-36(17-15-35)26-12-6-7-13-32-26/h2-13,19,27H,14-18,20H2,1H3,(H,33,34,38). The van der Waals surface area contributed by atoms with Crippen LogP contribution in [-0.4, -0.2) is 51.9 Å². The van der Waals surface area contributed by atoms with Crippen molar-refractivity contribution in [3.05, 3.63) is 116 Å². The Bertz CT molecular complexity index is 1590. The summed E-state index contributed by atoms with van der Waals surface area (Å²) < 4.78 is 0. The highest BCUT2D eigenvalue weighted by atomic mass is 32.1. The first kappa shape index (κ1) is 25.8. The van der Waals surface area contributed by atoms with Crippen LogP contribution in [0.4, 0.5) is 10.9 Å². The molecule has 2 bridgehead atoms. The number of aromatic nitrogens is 2. The number of carbonyl (C=O) groups excluding carboxylic acids is 1. The van der Waals surface area contributed by atoms with Crippen LogP contribution in [-0.2, 0) is 16.9 Å². The fourth-order valence-corrected chi connectivity index (χ4v) is 7.82.